The van der Waals surface area contributed by atoms with Crippen molar-refractivity contribution in [3.8, 4) is 17.6 Å². The van der Waals surface area contributed by atoms with E-state index in [-0.39, 0.29) is 0 Å². The first-order valence-corrected chi connectivity index (χ1v) is 7.68. The van der Waals surface area contributed by atoms with Crippen LogP contribution < -0.4 is 14.8 Å². The second-order valence-corrected chi connectivity index (χ2v) is 5.57. The van der Waals surface area contributed by atoms with Crippen molar-refractivity contribution in [2.45, 2.75) is 26.8 Å². The SMILES string of the molecule is Cc1cc(NCc2ccc3c(c2)OCCCO3)c(C#N)c(C)n1. The Morgan fingerprint density at radius 1 is 1.17 bits per heavy atom. The van der Waals surface area contributed by atoms with E-state index in [2.05, 4.69) is 16.4 Å². The number of aryl methyl sites for hydroxylation is 2. The maximum Gasteiger partial charge on any atom is 0.161 e. The minimum absolute atomic E-state index is 0.588. The molecular weight excluding hydrogens is 290 g/mol. The molecule has 23 heavy (non-hydrogen) atoms. The van der Waals surface area contributed by atoms with Crippen molar-refractivity contribution in [3.05, 3.63) is 46.8 Å². The van der Waals surface area contributed by atoms with Crippen molar-refractivity contribution in [2.24, 2.45) is 0 Å². The summed E-state index contributed by atoms with van der Waals surface area (Å²) in [6.45, 7) is 5.74. The Labute approximate surface area is 135 Å². The zero-order chi connectivity index (χ0) is 16.2. The van der Waals surface area contributed by atoms with Gasteiger partial charge in [0.1, 0.15) is 6.07 Å². The van der Waals surface area contributed by atoms with E-state index in [1.165, 1.54) is 0 Å². The molecule has 0 radical (unpaired) electrons. The Hall–Kier alpha value is -2.74. The molecule has 3 rings (SSSR count). The van der Waals surface area contributed by atoms with Crippen LogP contribution in [0.15, 0.2) is 24.3 Å². The highest BCUT2D eigenvalue weighted by atomic mass is 16.5. The number of nitrogens with one attached hydrogen (secondary N) is 1. The van der Waals surface area contributed by atoms with E-state index in [0.717, 1.165) is 40.6 Å². The molecule has 0 atom stereocenters. The lowest BCUT2D eigenvalue weighted by Gasteiger charge is -2.13. The molecule has 1 aromatic carbocycles. The fourth-order valence-corrected chi connectivity index (χ4v) is 2.62. The van der Waals surface area contributed by atoms with Gasteiger partial charge < -0.3 is 14.8 Å². The van der Waals surface area contributed by atoms with Gasteiger partial charge in [0, 0.05) is 18.7 Å². The molecule has 5 nitrogen and oxygen atoms in total. The van der Waals surface area contributed by atoms with Gasteiger partial charge in [-0.15, -0.1) is 0 Å². The van der Waals surface area contributed by atoms with Gasteiger partial charge >= 0.3 is 0 Å². The molecule has 0 bridgehead atoms. The number of hydrogen-bond acceptors (Lipinski definition) is 5. The number of nitriles is 1. The van der Waals surface area contributed by atoms with Gasteiger partial charge in [-0.2, -0.15) is 5.26 Å². The molecule has 0 spiro atoms. The molecule has 1 N–H and O–H groups in total. The van der Waals surface area contributed by atoms with E-state index in [4.69, 9.17) is 9.47 Å². The maximum absolute atomic E-state index is 9.31. The first-order valence-electron chi connectivity index (χ1n) is 7.68. The third-order valence-electron chi connectivity index (χ3n) is 3.74. The summed E-state index contributed by atoms with van der Waals surface area (Å²) in [6, 6.07) is 10.0. The number of benzene rings is 1. The van der Waals surface area contributed by atoms with Gasteiger partial charge in [-0.25, -0.2) is 0 Å². The van der Waals surface area contributed by atoms with Crippen LogP contribution in [0.3, 0.4) is 0 Å². The molecule has 0 fully saturated rings. The Balaban J connectivity index is 1.79. The quantitative estimate of drug-likeness (QED) is 0.942. The molecule has 1 aliphatic rings. The summed E-state index contributed by atoms with van der Waals surface area (Å²) in [5.74, 6) is 1.57. The first kappa shape index (κ1) is 15.2. The molecule has 118 valence electrons. The van der Waals surface area contributed by atoms with Gasteiger partial charge in [0.2, 0.25) is 0 Å². The highest BCUT2D eigenvalue weighted by Gasteiger charge is 2.12. The van der Waals surface area contributed by atoms with Gasteiger partial charge in [0.05, 0.1) is 30.2 Å². The molecule has 0 aliphatic carbocycles. The average Bonchev–Trinajstić information content (AvgIpc) is 2.77. The van der Waals surface area contributed by atoms with E-state index in [9.17, 15) is 5.26 Å². The van der Waals surface area contributed by atoms with Crippen LogP contribution in [0.4, 0.5) is 5.69 Å². The number of anilines is 1. The van der Waals surface area contributed by atoms with Crippen LogP contribution in [0, 0.1) is 25.2 Å². The van der Waals surface area contributed by atoms with Crippen LogP contribution in [0.5, 0.6) is 11.5 Å². The standard InChI is InChI=1S/C18H19N3O2/c1-12-8-16(15(10-19)13(2)21-12)20-11-14-4-5-17-18(9-14)23-7-3-6-22-17/h4-5,8-9H,3,6-7,11H2,1-2H3,(H,20,21). The number of fused-ring (bicyclic) bond motifs is 1. The third kappa shape index (κ3) is 3.37. The second kappa shape index (κ2) is 6.57. The van der Waals surface area contributed by atoms with E-state index in [0.29, 0.717) is 25.3 Å². The molecular formula is C18H19N3O2. The highest BCUT2D eigenvalue weighted by molar-refractivity contribution is 5.60. The summed E-state index contributed by atoms with van der Waals surface area (Å²) in [5.41, 5.74) is 4.11. The topological polar surface area (TPSA) is 67.2 Å². The summed E-state index contributed by atoms with van der Waals surface area (Å²) in [7, 11) is 0. The van der Waals surface area contributed by atoms with Crippen LogP contribution in [0.25, 0.3) is 0 Å². The fourth-order valence-electron chi connectivity index (χ4n) is 2.62. The number of pyridine rings is 1. The molecule has 1 aromatic heterocycles. The summed E-state index contributed by atoms with van der Waals surface area (Å²) in [5, 5.41) is 12.6. The van der Waals surface area contributed by atoms with E-state index >= 15 is 0 Å². The Kier molecular flexibility index (Phi) is 4.33. The summed E-state index contributed by atoms with van der Waals surface area (Å²) >= 11 is 0. The molecule has 0 amide bonds. The van der Waals surface area contributed by atoms with Crippen LogP contribution in [0.1, 0.15) is 28.9 Å². The maximum atomic E-state index is 9.31. The van der Waals surface area contributed by atoms with Crippen molar-refractivity contribution in [3.63, 3.8) is 0 Å². The Morgan fingerprint density at radius 3 is 2.74 bits per heavy atom. The number of rotatable bonds is 3. The van der Waals surface area contributed by atoms with Crippen molar-refractivity contribution in [2.75, 3.05) is 18.5 Å². The predicted octanol–water partition coefficient (Wildman–Crippen LogP) is 3.34. The summed E-state index contributed by atoms with van der Waals surface area (Å²) in [6.07, 6.45) is 0.892. The number of nitrogens with zero attached hydrogens (tertiary/aromatic N) is 2. The molecule has 0 unspecified atom stereocenters. The minimum Gasteiger partial charge on any atom is -0.490 e. The Bertz CT molecular complexity index is 766. The predicted molar refractivity (Wildman–Crippen MR) is 87.8 cm³/mol. The van der Waals surface area contributed by atoms with Crippen molar-refractivity contribution in [1.29, 1.82) is 5.26 Å². The Morgan fingerprint density at radius 2 is 1.96 bits per heavy atom. The lowest BCUT2D eigenvalue weighted by molar-refractivity contribution is 0.297. The van der Waals surface area contributed by atoms with E-state index in [1.54, 1.807) is 0 Å². The van der Waals surface area contributed by atoms with Crippen molar-refractivity contribution < 1.29 is 9.47 Å². The molecule has 2 aromatic rings. The third-order valence-corrected chi connectivity index (χ3v) is 3.74. The fraction of sp³-hybridized carbons (Fsp3) is 0.333. The molecule has 0 saturated carbocycles. The van der Waals surface area contributed by atoms with Gasteiger partial charge in [-0.1, -0.05) is 6.07 Å². The van der Waals surface area contributed by atoms with Crippen LogP contribution >= 0.6 is 0 Å². The van der Waals surface area contributed by atoms with Crippen molar-refractivity contribution in [1.82, 2.24) is 4.98 Å². The zero-order valence-electron chi connectivity index (χ0n) is 13.3. The summed E-state index contributed by atoms with van der Waals surface area (Å²) < 4.78 is 11.3. The van der Waals surface area contributed by atoms with E-state index < -0.39 is 0 Å². The van der Waals surface area contributed by atoms with Gasteiger partial charge in [-0.05, 0) is 37.6 Å². The van der Waals surface area contributed by atoms with Crippen molar-refractivity contribution >= 4 is 5.69 Å². The lowest BCUT2D eigenvalue weighted by atomic mass is 10.1. The van der Waals surface area contributed by atoms with Crippen LogP contribution in [0.2, 0.25) is 0 Å². The average molecular weight is 309 g/mol. The van der Waals surface area contributed by atoms with Crippen LogP contribution in [-0.4, -0.2) is 18.2 Å². The smallest absolute Gasteiger partial charge is 0.161 e. The van der Waals surface area contributed by atoms with E-state index in [1.807, 2.05) is 38.1 Å². The molecule has 2 heterocycles. The number of hydrogen-bond donors (Lipinski definition) is 1. The second-order valence-electron chi connectivity index (χ2n) is 5.57. The monoisotopic (exact) mass is 309 g/mol. The molecule has 1 aliphatic heterocycles. The lowest BCUT2D eigenvalue weighted by Crippen LogP contribution is -2.05. The largest absolute Gasteiger partial charge is 0.490 e. The highest BCUT2D eigenvalue weighted by Crippen LogP contribution is 2.30. The zero-order valence-corrected chi connectivity index (χ0v) is 13.3. The first-order chi connectivity index (χ1) is 11.2. The normalized spacial score (nSPS) is 13.1. The van der Waals surface area contributed by atoms with Gasteiger partial charge in [0.15, 0.2) is 11.5 Å². The van der Waals surface area contributed by atoms with Crippen LogP contribution in [-0.2, 0) is 6.54 Å². The minimum atomic E-state index is 0.588. The number of aromatic nitrogens is 1. The van der Waals surface area contributed by atoms with Gasteiger partial charge in [0.25, 0.3) is 0 Å². The summed E-state index contributed by atoms with van der Waals surface area (Å²) in [4.78, 5) is 4.33. The molecule has 0 saturated heterocycles. The molecule has 5 heteroatoms. The number of ether oxygens (including phenoxy) is 2. The van der Waals surface area contributed by atoms with Gasteiger partial charge in [-0.3, -0.25) is 4.98 Å².